The Morgan fingerprint density at radius 3 is 3.00 bits per heavy atom. The van der Waals surface area contributed by atoms with Gasteiger partial charge in [0.2, 0.25) is 0 Å². The number of amides is 1. The number of carbonyl (C=O) groups excluding carboxylic acids is 1. The first-order valence-electron chi connectivity index (χ1n) is 6.86. The second kappa shape index (κ2) is 5.26. The lowest BCUT2D eigenvalue weighted by molar-refractivity contribution is -0.0105. The van der Waals surface area contributed by atoms with E-state index in [2.05, 4.69) is 15.9 Å². The average Bonchev–Trinajstić information content (AvgIpc) is 2.74. The number of benzene rings is 1. The molecule has 0 saturated carbocycles. The van der Waals surface area contributed by atoms with E-state index in [1.165, 1.54) is 11.3 Å². The van der Waals surface area contributed by atoms with Crippen LogP contribution in [0.25, 0.3) is 10.1 Å². The molecule has 112 valence electrons. The summed E-state index contributed by atoms with van der Waals surface area (Å²) in [6.07, 6.45) is 1.54. The van der Waals surface area contributed by atoms with Crippen molar-refractivity contribution >= 4 is 48.9 Å². The third kappa shape index (κ3) is 2.80. The van der Waals surface area contributed by atoms with Crippen LogP contribution in [0.5, 0.6) is 0 Å². The molecule has 0 aliphatic carbocycles. The summed E-state index contributed by atoms with van der Waals surface area (Å²) in [6, 6.07) is 5.84. The van der Waals surface area contributed by atoms with Gasteiger partial charge in [-0.25, -0.2) is 0 Å². The number of hydrogen-bond acceptors (Lipinski definition) is 4. The lowest BCUT2D eigenvalue weighted by Gasteiger charge is -2.36. The van der Waals surface area contributed by atoms with Crippen molar-refractivity contribution in [2.75, 3.05) is 18.8 Å². The second-order valence-corrected chi connectivity index (χ2v) is 7.78. The molecule has 0 radical (unpaired) electrons. The highest BCUT2D eigenvalue weighted by Crippen LogP contribution is 2.36. The molecule has 1 aromatic carbocycles. The standard InChI is InChI=1S/C15H17BrN2O2S/c1-15(20)5-2-6-18(8-15)14(19)13-12(17)10-7-9(16)3-4-11(10)21-13/h3-4,7,20H,2,5-6,8,17H2,1H3. The highest BCUT2D eigenvalue weighted by Gasteiger charge is 2.32. The van der Waals surface area contributed by atoms with Crippen LogP contribution in [0.4, 0.5) is 5.69 Å². The molecule has 21 heavy (non-hydrogen) atoms. The summed E-state index contributed by atoms with van der Waals surface area (Å²) in [5, 5.41) is 11.1. The Labute approximate surface area is 135 Å². The molecule has 3 N–H and O–H groups in total. The first kappa shape index (κ1) is 14.8. The number of anilines is 1. The minimum atomic E-state index is -0.803. The SMILES string of the molecule is CC1(O)CCCN(C(=O)c2sc3ccc(Br)cc3c2N)C1. The molecule has 1 aliphatic rings. The summed E-state index contributed by atoms with van der Waals surface area (Å²) in [6.45, 7) is 2.81. The van der Waals surface area contributed by atoms with E-state index in [9.17, 15) is 9.90 Å². The molecule has 4 nitrogen and oxygen atoms in total. The van der Waals surface area contributed by atoms with Crippen LogP contribution in [0.3, 0.4) is 0 Å². The molecule has 0 bridgehead atoms. The molecule has 1 unspecified atom stereocenters. The molecule has 1 amide bonds. The van der Waals surface area contributed by atoms with Gasteiger partial charge in [0.1, 0.15) is 4.88 Å². The van der Waals surface area contributed by atoms with Crippen molar-refractivity contribution in [1.82, 2.24) is 4.90 Å². The third-order valence-electron chi connectivity index (χ3n) is 3.84. The van der Waals surface area contributed by atoms with Gasteiger partial charge in [-0.1, -0.05) is 15.9 Å². The zero-order valence-electron chi connectivity index (χ0n) is 11.7. The van der Waals surface area contributed by atoms with Crippen LogP contribution in [-0.2, 0) is 0 Å². The van der Waals surface area contributed by atoms with E-state index in [0.717, 1.165) is 27.4 Å². The van der Waals surface area contributed by atoms with Crippen LogP contribution in [0.2, 0.25) is 0 Å². The zero-order chi connectivity index (χ0) is 15.2. The predicted octanol–water partition coefficient (Wildman–Crippen LogP) is 3.23. The lowest BCUT2D eigenvalue weighted by Crippen LogP contribution is -2.48. The number of rotatable bonds is 1. The molecule has 1 aromatic heterocycles. The van der Waals surface area contributed by atoms with Crippen molar-refractivity contribution in [2.45, 2.75) is 25.4 Å². The number of halogens is 1. The number of likely N-dealkylation sites (tertiary alicyclic amines) is 1. The Morgan fingerprint density at radius 1 is 1.52 bits per heavy atom. The van der Waals surface area contributed by atoms with E-state index in [-0.39, 0.29) is 5.91 Å². The highest BCUT2D eigenvalue weighted by molar-refractivity contribution is 9.10. The third-order valence-corrected chi connectivity index (χ3v) is 5.51. The molecule has 0 spiro atoms. The number of nitrogens with zero attached hydrogens (tertiary/aromatic N) is 1. The van der Waals surface area contributed by atoms with E-state index in [4.69, 9.17) is 5.73 Å². The summed E-state index contributed by atoms with van der Waals surface area (Å²) in [7, 11) is 0. The van der Waals surface area contributed by atoms with Gasteiger partial charge in [-0.3, -0.25) is 4.79 Å². The summed E-state index contributed by atoms with van der Waals surface area (Å²) >= 11 is 4.84. The minimum absolute atomic E-state index is 0.0789. The van der Waals surface area contributed by atoms with Crippen molar-refractivity contribution < 1.29 is 9.90 Å². The minimum Gasteiger partial charge on any atom is -0.397 e. The van der Waals surface area contributed by atoms with Gasteiger partial charge >= 0.3 is 0 Å². The summed E-state index contributed by atoms with van der Waals surface area (Å²) in [5.74, 6) is -0.0789. The fourth-order valence-corrected chi connectivity index (χ4v) is 4.22. The van der Waals surface area contributed by atoms with Crippen LogP contribution in [0, 0.1) is 0 Å². The van der Waals surface area contributed by atoms with Gasteiger partial charge < -0.3 is 15.7 Å². The Balaban J connectivity index is 1.96. The Kier molecular flexibility index (Phi) is 3.71. The molecule has 1 aliphatic heterocycles. The molecule has 6 heteroatoms. The maximum atomic E-state index is 12.7. The highest BCUT2D eigenvalue weighted by atomic mass is 79.9. The van der Waals surface area contributed by atoms with Gasteiger partial charge in [-0.15, -0.1) is 11.3 Å². The van der Waals surface area contributed by atoms with Gasteiger partial charge in [0.25, 0.3) is 5.91 Å². The zero-order valence-corrected chi connectivity index (χ0v) is 14.1. The van der Waals surface area contributed by atoms with Crippen molar-refractivity contribution in [2.24, 2.45) is 0 Å². The smallest absolute Gasteiger partial charge is 0.266 e. The van der Waals surface area contributed by atoms with E-state index >= 15 is 0 Å². The van der Waals surface area contributed by atoms with E-state index in [1.807, 2.05) is 18.2 Å². The molecule has 1 fully saturated rings. The number of hydrogen-bond donors (Lipinski definition) is 2. The molecule has 3 rings (SSSR count). The lowest BCUT2D eigenvalue weighted by atomic mass is 9.95. The number of fused-ring (bicyclic) bond motifs is 1. The van der Waals surface area contributed by atoms with Crippen molar-refractivity contribution in [3.63, 3.8) is 0 Å². The van der Waals surface area contributed by atoms with E-state index < -0.39 is 5.60 Å². The van der Waals surface area contributed by atoms with Crippen LogP contribution in [0.15, 0.2) is 22.7 Å². The van der Waals surface area contributed by atoms with Gasteiger partial charge in [-0.05, 0) is 38.0 Å². The molecule has 2 aromatic rings. The van der Waals surface area contributed by atoms with E-state index in [1.54, 1.807) is 11.8 Å². The molecular formula is C15H17BrN2O2S. The average molecular weight is 369 g/mol. The largest absolute Gasteiger partial charge is 0.397 e. The fourth-order valence-electron chi connectivity index (χ4n) is 2.78. The summed E-state index contributed by atoms with van der Waals surface area (Å²) in [4.78, 5) is 15.0. The maximum Gasteiger partial charge on any atom is 0.266 e. The maximum absolute atomic E-state index is 12.7. The normalized spacial score (nSPS) is 22.7. The van der Waals surface area contributed by atoms with Crippen LogP contribution in [-0.4, -0.2) is 34.6 Å². The number of carbonyl (C=O) groups is 1. The number of nitrogen functional groups attached to an aromatic ring is 1. The van der Waals surface area contributed by atoms with Gasteiger partial charge in [0.15, 0.2) is 0 Å². The summed E-state index contributed by atoms with van der Waals surface area (Å²) < 4.78 is 1.95. The monoisotopic (exact) mass is 368 g/mol. The first-order valence-corrected chi connectivity index (χ1v) is 8.47. The second-order valence-electron chi connectivity index (χ2n) is 5.81. The molecular weight excluding hydrogens is 352 g/mol. The van der Waals surface area contributed by atoms with Crippen molar-refractivity contribution in [3.05, 3.63) is 27.5 Å². The number of nitrogens with two attached hydrogens (primary N) is 1. The molecule has 1 atom stereocenters. The number of aliphatic hydroxyl groups is 1. The Morgan fingerprint density at radius 2 is 2.29 bits per heavy atom. The topological polar surface area (TPSA) is 66.6 Å². The molecule has 1 saturated heterocycles. The van der Waals surface area contributed by atoms with Crippen molar-refractivity contribution in [1.29, 1.82) is 0 Å². The number of piperidine rings is 1. The number of β-amino-alcohol motifs (C(OH)–C–C–N with tert-alkyl or cyclic N) is 1. The predicted molar refractivity (Wildman–Crippen MR) is 89.7 cm³/mol. The molecule has 2 heterocycles. The number of thiophene rings is 1. The fraction of sp³-hybridized carbons (Fsp3) is 0.400. The van der Waals surface area contributed by atoms with E-state index in [0.29, 0.717) is 23.7 Å². The van der Waals surface area contributed by atoms with Gasteiger partial charge in [0, 0.05) is 27.6 Å². The van der Waals surface area contributed by atoms with Crippen LogP contribution in [0.1, 0.15) is 29.4 Å². The van der Waals surface area contributed by atoms with Crippen LogP contribution < -0.4 is 5.73 Å². The van der Waals surface area contributed by atoms with Gasteiger partial charge in [-0.2, -0.15) is 0 Å². The summed E-state index contributed by atoms with van der Waals surface area (Å²) in [5.41, 5.74) is 5.89. The van der Waals surface area contributed by atoms with Gasteiger partial charge in [0.05, 0.1) is 11.3 Å². The Hall–Kier alpha value is -1.11. The Bertz CT molecular complexity index is 711. The van der Waals surface area contributed by atoms with Crippen molar-refractivity contribution in [3.8, 4) is 0 Å². The van der Waals surface area contributed by atoms with Crippen LogP contribution >= 0.6 is 27.3 Å². The first-order chi connectivity index (χ1) is 9.87. The quantitative estimate of drug-likeness (QED) is 0.811.